The third-order valence-corrected chi connectivity index (χ3v) is 3.89. The van der Waals surface area contributed by atoms with E-state index in [9.17, 15) is 14.9 Å². The van der Waals surface area contributed by atoms with Gasteiger partial charge in [0.1, 0.15) is 18.0 Å². The molecule has 0 N–H and O–H groups in total. The lowest BCUT2D eigenvalue weighted by molar-refractivity contribution is -0.385. The summed E-state index contributed by atoms with van der Waals surface area (Å²) < 4.78 is 11.2. The van der Waals surface area contributed by atoms with Crippen LogP contribution in [0.3, 0.4) is 0 Å². The number of rotatable bonds is 4. The predicted octanol–water partition coefficient (Wildman–Crippen LogP) is 3.68. The Labute approximate surface area is 141 Å². The molecule has 1 atom stereocenters. The zero-order chi connectivity index (χ0) is 17.9. The number of carbonyl (C=O) groups excluding carboxylic acids is 1. The number of nitro groups is 1. The van der Waals surface area contributed by atoms with Gasteiger partial charge in [-0.15, -0.1) is 0 Å². The van der Waals surface area contributed by atoms with E-state index < -0.39 is 10.5 Å². The summed E-state index contributed by atoms with van der Waals surface area (Å²) in [4.78, 5) is 24.5. The first kappa shape index (κ1) is 18.0. The number of hydrogen-bond donors (Lipinski definition) is 0. The van der Waals surface area contributed by atoms with Gasteiger partial charge in [-0.1, -0.05) is 6.07 Å². The highest BCUT2D eigenvalue weighted by Crippen LogP contribution is 2.28. The summed E-state index contributed by atoms with van der Waals surface area (Å²) in [5, 5.41) is 11.0. The maximum atomic E-state index is 12.3. The van der Waals surface area contributed by atoms with Gasteiger partial charge >= 0.3 is 6.09 Å². The van der Waals surface area contributed by atoms with Crippen LogP contribution >= 0.6 is 0 Å². The molecule has 0 bridgehead atoms. The first-order valence-corrected chi connectivity index (χ1v) is 8.05. The van der Waals surface area contributed by atoms with E-state index in [1.165, 1.54) is 6.07 Å². The molecule has 0 aromatic heterocycles. The lowest BCUT2D eigenvalue weighted by Crippen LogP contribution is -2.42. The molecule has 7 heteroatoms. The van der Waals surface area contributed by atoms with Gasteiger partial charge in [0.05, 0.1) is 16.5 Å². The largest absolute Gasteiger partial charge is 0.491 e. The second kappa shape index (κ2) is 7.07. The van der Waals surface area contributed by atoms with Crippen molar-refractivity contribution in [1.29, 1.82) is 0 Å². The number of benzene rings is 1. The van der Waals surface area contributed by atoms with Crippen molar-refractivity contribution in [3.8, 4) is 5.75 Å². The molecule has 132 valence electrons. The highest BCUT2D eigenvalue weighted by molar-refractivity contribution is 5.69. The molecule has 0 radical (unpaired) electrons. The Kier molecular flexibility index (Phi) is 5.31. The fraction of sp³-hybridized carbons (Fsp3) is 0.588. The predicted molar refractivity (Wildman–Crippen MR) is 89.3 cm³/mol. The maximum Gasteiger partial charge on any atom is 0.410 e. The van der Waals surface area contributed by atoms with Crippen LogP contribution in [-0.4, -0.2) is 40.7 Å². The fourth-order valence-corrected chi connectivity index (χ4v) is 2.71. The molecule has 1 aliphatic rings. The van der Waals surface area contributed by atoms with Crippen molar-refractivity contribution in [3.05, 3.63) is 33.9 Å². The van der Waals surface area contributed by atoms with Gasteiger partial charge in [0.15, 0.2) is 0 Å². The fourth-order valence-electron chi connectivity index (χ4n) is 2.71. The first-order valence-electron chi connectivity index (χ1n) is 8.05. The molecule has 0 saturated carbocycles. The van der Waals surface area contributed by atoms with E-state index >= 15 is 0 Å². The molecule has 1 heterocycles. The molecule has 1 unspecified atom stereocenters. The summed E-state index contributed by atoms with van der Waals surface area (Å²) >= 11 is 0. The van der Waals surface area contributed by atoms with Crippen LogP contribution in [0.15, 0.2) is 18.2 Å². The van der Waals surface area contributed by atoms with Crippen molar-refractivity contribution in [1.82, 2.24) is 4.90 Å². The second-order valence-electron chi connectivity index (χ2n) is 6.94. The molecule has 1 saturated heterocycles. The Hall–Kier alpha value is -2.31. The summed E-state index contributed by atoms with van der Waals surface area (Å²) in [7, 11) is 0. The van der Waals surface area contributed by atoms with Crippen molar-refractivity contribution < 1.29 is 19.2 Å². The van der Waals surface area contributed by atoms with Crippen molar-refractivity contribution in [2.75, 3.05) is 13.2 Å². The lowest BCUT2D eigenvalue weighted by atomic mass is 10.2. The first-order chi connectivity index (χ1) is 11.2. The summed E-state index contributed by atoms with van der Waals surface area (Å²) in [6, 6.07) is 4.67. The molecular weight excluding hydrogens is 312 g/mol. The van der Waals surface area contributed by atoms with E-state index in [0.29, 0.717) is 24.5 Å². The van der Waals surface area contributed by atoms with Crippen molar-refractivity contribution in [3.63, 3.8) is 0 Å². The molecule has 24 heavy (non-hydrogen) atoms. The molecule has 1 aliphatic heterocycles. The quantitative estimate of drug-likeness (QED) is 0.619. The third-order valence-electron chi connectivity index (χ3n) is 3.89. The number of amides is 1. The molecule has 2 rings (SSSR count). The normalized spacial score (nSPS) is 17.7. The molecule has 0 spiro atoms. The van der Waals surface area contributed by atoms with Crippen LogP contribution in [0.4, 0.5) is 10.5 Å². The minimum absolute atomic E-state index is 0.0305. The molecule has 0 aliphatic carbocycles. The topological polar surface area (TPSA) is 81.9 Å². The molecule has 1 fully saturated rings. The van der Waals surface area contributed by atoms with Gasteiger partial charge in [0.25, 0.3) is 5.69 Å². The van der Waals surface area contributed by atoms with Crippen LogP contribution in [0.2, 0.25) is 0 Å². The van der Waals surface area contributed by atoms with Gasteiger partial charge < -0.3 is 14.4 Å². The third kappa shape index (κ3) is 4.37. The highest BCUT2D eigenvalue weighted by Gasteiger charge is 2.32. The maximum absolute atomic E-state index is 12.3. The van der Waals surface area contributed by atoms with Gasteiger partial charge in [0, 0.05) is 12.6 Å². The van der Waals surface area contributed by atoms with Crippen molar-refractivity contribution >= 4 is 11.8 Å². The SMILES string of the molecule is Cc1c(OCC2CCCN2C(=O)OC(C)(C)C)cccc1[N+](=O)[O-]. The number of ether oxygens (including phenoxy) is 2. The number of hydrogen-bond acceptors (Lipinski definition) is 5. The van der Waals surface area contributed by atoms with Gasteiger partial charge in [-0.2, -0.15) is 0 Å². The summed E-state index contributed by atoms with van der Waals surface area (Å²) in [5.74, 6) is 0.472. The Balaban J connectivity index is 2.02. The van der Waals surface area contributed by atoms with Crippen molar-refractivity contribution in [2.24, 2.45) is 0 Å². The van der Waals surface area contributed by atoms with Crippen molar-refractivity contribution in [2.45, 2.75) is 52.2 Å². The Morgan fingerprint density at radius 3 is 2.75 bits per heavy atom. The van der Waals surface area contributed by atoms with Crippen LogP contribution in [0.1, 0.15) is 39.2 Å². The second-order valence-corrected chi connectivity index (χ2v) is 6.94. The molecule has 1 amide bonds. The Morgan fingerprint density at radius 2 is 2.12 bits per heavy atom. The number of likely N-dealkylation sites (tertiary alicyclic amines) is 1. The Morgan fingerprint density at radius 1 is 1.42 bits per heavy atom. The number of nitrogens with zero attached hydrogens (tertiary/aromatic N) is 2. The summed E-state index contributed by atoms with van der Waals surface area (Å²) in [6.45, 7) is 8.09. The minimum atomic E-state index is -0.540. The van der Waals surface area contributed by atoms with E-state index in [0.717, 1.165) is 12.8 Å². The van der Waals surface area contributed by atoms with Crippen LogP contribution in [0, 0.1) is 17.0 Å². The smallest absolute Gasteiger partial charge is 0.410 e. The van der Waals surface area contributed by atoms with Crippen LogP contribution in [0.5, 0.6) is 5.75 Å². The van der Waals surface area contributed by atoms with Crippen LogP contribution in [0.25, 0.3) is 0 Å². The van der Waals surface area contributed by atoms with E-state index in [1.54, 1.807) is 24.0 Å². The Bertz CT molecular complexity index is 624. The zero-order valence-electron chi connectivity index (χ0n) is 14.6. The number of carbonyl (C=O) groups is 1. The number of nitro benzene ring substituents is 1. The van der Waals surface area contributed by atoms with Gasteiger partial charge in [-0.3, -0.25) is 10.1 Å². The molecule has 7 nitrogen and oxygen atoms in total. The molecule has 1 aromatic carbocycles. The summed E-state index contributed by atoms with van der Waals surface area (Å²) in [5.41, 5.74) is -0.0194. The van der Waals surface area contributed by atoms with E-state index in [2.05, 4.69) is 0 Å². The minimum Gasteiger partial charge on any atom is -0.491 e. The van der Waals surface area contributed by atoms with Crippen LogP contribution in [-0.2, 0) is 4.74 Å². The van der Waals surface area contributed by atoms with E-state index in [1.807, 2.05) is 20.8 Å². The van der Waals surface area contributed by atoms with Gasteiger partial charge in [-0.05, 0) is 46.6 Å². The molecule has 1 aromatic rings. The summed E-state index contributed by atoms with van der Waals surface area (Å²) in [6.07, 6.45) is 1.37. The average molecular weight is 336 g/mol. The van der Waals surface area contributed by atoms with E-state index in [-0.39, 0.29) is 17.8 Å². The lowest BCUT2D eigenvalue weighted by Gasteiger charge is -2.28. The average Bonchev–Trinajstić information content (AvgIpc) is 2.92. The highest BCUT2D eigenvalue weighted by atomic mass is 16.6. The van der Waals surface area contributed by atoms with Gasteiger partial charge in [-0.25, -0.2) is 4.79 Å². The standard InChI is InChI=1S/C17H24N2O5/c1-12-14(19(21)22)8-5-9-15(12)23-11-13-7-6-10-18(13)16(20)24-17(2,3)4/h5,8-9,13H,6-7,10-11H2,1-4H3. The van der Waals surface area contributed by atoms with Gasteiger partial charge in [0.2, 0.25) is 0 Å². The van der Waals surface area contributed by atoms with Crippen LogP contribution < -0.4 is 4.74 Å². The zero-order valence-corrected chi connectivity index (χ0v) is 14.6. The van der Waals surface area contributed by atoms with E-state index in [4.69, 9.17) is 9.47 Å². The monoisotopic (exact) mass is 336 g/mol. The molecular formula is C17H24N2O5.